The Morgan fingerprint density at radius 2 is 1.82 bits per heavy atom. The number of fused-ring (bicyclic) bond motifs is 1. The van der Waals surface area contributed by atoms with Crippen LogP contribution in [-0.4, -0.2) is 36.3 Å². The van der Waals surface area contributed by atoms with Crippen LogP contribution >= 0.6 is 22.7 Å². The Kier molecular flexibility index (Phi) is 5.97. The largest absolute Gasteiger partial charge is 0.497 e. The van der Waals surface area contributed by atoms with Crippen LogP contribution in [0.2, 0.25) is 0 Å². The van der Waals surface area contributed by atoms with E-state index < -0.39 is 20.9 Å². The zero-order chi connectivity index (χ0) is 23.8. The third-order valence-electron chi connectivity index (χ3n) is 4.40. The lowest BCUT2D eigenvalue weighted by molar-refractivity contribution is -0.384. The first-order valence-electron chi connectivity index (χ1n) is 9.17. The van der Waals surface area contributed by atoms with Crippen LogP contribution in [0.4, 0.5) is 16.0 Å². The highest BCUT2D eigenvalue weighted by molar-refractivity contribution is 7.93. The van der Waals surface area contributed by atoms with E-state index in [1.54, 1.807) is 6.92 Å². The predicted octanol–water partition coefficient (Wildman–Crippen LogP) is 4.03. The van der Waals surface area contributed by atoms with Gasteiger partial charge in [-0.2, -0.15) is 0 Å². The number of carbonyl (C=O) groups excluding carboxylic acids is 1. The maximum Gasteiger partial charge on any atom is 0.270 e. The van der Waals surface area contributed by atoms with Gasteiger partial charge in [0, 0.05) is 12.1 Å². The third kappa shape index (κ3) is 4.76. The number of amides is 1. The zero-order valence-corrected chi connectivity index (χ0v) is 19.5. The molecule has 0 saturated heterocycles. The van der Waals surface area contributed by atoms with Crippen LogP contribution in [0, 0.1) is 17.0 Å². The van der Waals surface area contributed by atoms with Crippen molar-refractivity contribution in [2.24, 2.45) is 0 Å². The van der Waals surface area contributed by atoms with Crippen molar-refractivity contribution in [3.63, 3.8) is 0 Å². The van der Waals surface area contributed by atoms with Crippen LogP contribution in [0.25, 0.3) is 10.2 Å². The maximum absolute atomic E-state index is 12.7. The topological polar surface area (TPSA) is 153 Å². The third-order valence-corrected chi connectivity index (χ3v) is 7.89. The highest BCUT2D eigenvalue weighted by Gasteiger charge is 2.21. The molecular formula is C19H15N5O6S3. The van der Waals surface area contributed by atoms with Crippen LogP contribution in [0.15, 0.2) is 47.4 Å². The van der Waals surface area contributed by atoms with E-state index in [1.165, 1.54) is 49.6 Å². The van der Waals surface area contributed by atoms with Crippen molar-refractivity contribution in [2.45, 2.75) is 11.8 Å². The van der Waals surface area contributed by atoms with Crippen molar-refractivity contribution in [1.82, 2.24) is 9.97 Å². The van der Waals surface area contributed by atoms with Crippen LogP contribution in [0.1, 0.15) is 15.4 Å². The van der Waals surface area contributed by atoms with Gasteiger partial charge >= 0.3 is 0 Å². The van der Waals surface area contributed by atoms with Crippen molar-refractivity contribution in [3.8, 4) is 5.75 Å². The van der Waals surface area contributed by atoms with Crippen LogP contribution < -0.4 is 14.8 Å². The smallest absolute Gasteiger partial charge is 0.270 e. The first-order chi connectivity index (χ1) is 15.7. The lowest BCUT2D eigenvalue weighted by atomic mass is 10.3. The van der Waals surface area contributed by atoms with E-state index in [0.29, 0.717) is 21.7 Å². The summed E-state index contributed by atoms with van der Waals surface area (Å²) in [5.74, 6) is -0.00379. The van der Waals surface area contributed by atoms with E-state index in [4.69, 9.17) is 4.74 Å². The van der Waals surface area contributed by atoms with Gasteiger partial charge in [-0.25, -0.2) is 18.4 Å². The number of benzene rings is 2. The molecule has 33 heavy (non-hydrogen) atoms. The Morgan fingerprint density at radius 1 is 1.09 bits per heavy atom. The SMILES string of the molecule is COc1ccc(S(=O)(=O)Nc2nc(C)c(C(=O)Nc3nc4ccc([N+](=O)[O-])cc4s3)s2)cc1. The maximum atomic E-state index is 12.7. The Labute approximate surface area is 195 Å². The van der Waals surface area contributed by atoms with E-state index in [-0.39, 0.29) is 25.7 Å². The number of nitro benzene ring substituents is 1. The van der Waals surface area contributed by atoms with E-state index in [2.05, 4.69) is 20.0 Å². The van der Waals surface area contributed by atoms with Crippen molar-refractivity contribution >= 4 is 64.8 Å². The fourth-order valence-electron chi connectivity index (χ4n) is 2.81. The van der Waals surface area contributed by atoms with E-state index in [9.17, 15) is 23.3 Å². The van der Waals surface area contributed by atoms with Crippen LogP contribution in [-0.2, 0) is 10.0 Å². The summed E-state index contributed by atoms with van der Waals surface area (Å²) in [7, 11) is -2.43. The summed E-state index contributed by atoms with van der Waals surface area (Å²) in [4.78, 5) is 31.8. The Bertz CT molecular complexity index is 1480. The molecule has 4 rings (SSSR count). The van der Waals surface area contributed by atoms with E-state index >= 15 is 0 Å². The number of thiazole rings is 2. The molecular weight excluding hydrogens is 490 g/mol. The Balaban J connectivity index is 1.52. The summed E-state index contributed by atoms with van der Waals surface area (Å²) in [5, 5.41) is 13.9. The second-order valence-electron chi connectivity index (χ2n) is 6.60. The standard InChI is InChI=1S/C19H15N5O6S3/c1-10-16(17(25)22-18-21-14-8-3-11(24(26)27)9-15(14)31-18)32-19(20-10)23-33(28,29)13-6-4-12(30-2)5-7-13/h3-9H,1-2H3,(H,20,23)(H,21,22,25). The average Bonchev–Trinajstić information content (AvgIpc) is 3.34. The summed E-state index contributed by atoms with van der Waals surface area (Å²) in [5.41, 5.74) is 0.771. The average molecular weight is 506 g/mol. The van der Waals surface area contributed by atoms with E-state index in [0.717, 1.165) is 22.7 Å². The molecule has 0 spiro atoms. The first-order valence-corrected chi connectivity index (χ1v) is 12.3. The molecule has 0 fully saturated rings. The number of anilines is 2. The number of methoxy groups -OCH3 is 1. The van der Waals surface area contributed by atoms with Gasteiger partial charge < -0.3 is 4.74 Å². The zero-order valence-electron chi connectivity index (χ0n) is 17.1. The van der Waals surface area contributed by atoms with Gasteiger partial charge in [0.15, 0.2) is 10.3 Å². The summed E-state index contributed by atoms with van der Waals surface area (Å²) in [6, 6.07) is 10.1. The lowest BCUT2D eigenvalue weighted by Crippen LogP contribution is -2.12. The fraction of sp³-hybridized carbons (Fsp3) is 0.105. The highest BCUT2D eigenvalue weighted by Crippen LogP contribution is 2.31. The van der Waals surface area contributed by atoms with Gasteiger partial charge in [-0.3, -0.25) is 24.9 Å². The summed E-state index contributed by atoms with van der Waals surface area (Å²) in [6.45, 7) is 1.58. The molecule has 0 atom stereocenters. The Morgan fingerprint density at radius 3 is 2.48 bits per heavy atom. The number of nitrogens with one attached hydrogen (secondary N) is 2. The quantitative estimate of drug-likeness (QED) is 0.282. The van der Waals surface area contributed by atoms with Gasteiger partial charge in [-0.1, -0.05) is 22.7 Å². The number of carbonyl (C=O) groups is 1. The molecule has 170 valence electrons. The summed E-state index contributed by atoms with van der Waals surface area (Å²) < 4.78 is 33.2. The van der Waals surface area contributed by atoms with Crippen LogP contribution in [0.3, 0.4) is 0 Å². The summed E-state index contributed by atoms with van der Waals surface area (Å²) in [6.07, 6.45) is 0. The molecule has 0 unspecified atom stereocenters. The van der Waals surface area contributed by atoms with Crippen LogP contribution in [0.5, 0.6) is 5.75 Å². The fourth-order valence-corrected chi connectivity index (χ4v) is 5.80. The van der Waals surface area contributed by atoms with Gasteiger partial charge in [0.1, 0.15) is 10.6 Å². The number of rotatable bonds is 7. The molecule has 1 amide bonds. The van der Waals surface area contributed by atoms with Gasteiger partial charge in [-0.05, 0) is 37.3 Å². The molecule has 0 aliphatic carbocycles. The molecule has 2 aromatic carbocycles. The number of hydrogen-bond donors (Lipinski definition) is 2. The number of sulfonamides is 1. The van der Waals surface area contributed by atoms with Gasteiger partial charge in [0.2, 0.25) is 0 Å². The number of ether oxygens (including phenoxy) is 1. The molecule has 0 saturated carbocycles. The van der Waals surface area contributed by atoms with Gasteiger partial charge in [0.25, 0.3) is 21.6 Å². The molecule has 0 bridgehead atoms. The van der Waals surface area contributed by atoms with Crippen molar-refractivity contribution < 1.29 is 22.9 Å². The number of nitrogens with zero attached hydrogens (tertiary/aromatic N) is 3. The number of hydrogen-bond acceptors (Lipinski definition) is 10. The minimum absolute atomic E-state index is 0.0192. The van der Waals surface area contributed by atoms with Gasteiger partial charge in [-0.15, -0.1) is 0 Å². The summed E-state index contributed by atoms with van der Waals surface area (Å²) >= 11 is 1.97. The second kappa shape index (κ2) is 8.73. The highest BCUT2D eigenvalue weighted by atomic mass is 32.2. The molecule has 2 heterocycles. The molecule has 11 nitrogen and oxygen atoms in total. The van der Waals surface area contributed by atoms with E-state index in [1.807, 2.05) is 0 Å². The molecule has 2 aromatic heterocycles. The number of aromatic nitrogens is 2. The normalized spacial score (nSPS) is 11.3. The molecule has 0 aliphatic heterocycles. The predicted molar refractivity (Wildman–Crippen MR) is 125 cm³/mol. The first kappa shape index (κ1) is 22.6. The molecule has 14 heteroatoms. The molecule has 4 aromatic rings. The monoisotopic (exact) mass is 505 g/mol. The molecule has 0 aliphatic rings. The van der Waals surface area contributed by atoms with Crippen molar-refractivity contribution in [2.75, 3.05) is 17.1 Å². The molecule has 2 N–H and O–H groups in total. The van der Waals surface area contributed by atoms with Gasteiger partial charge in [0.05, 0.1) is 32.8 Å². The Hall–Kier alpha value is -3.62. The second-order valence-corrected chi connectivity index (χ2v) is 10.3. The number of aryl methyl sites for hydroxylation is 1. The lowest BCUT2D eigenvalue weighted by Gasteiger charge is -2.06. The minimum atomic E-state index is -3.91. The number of nitro groups is 1. The van der Waals surface area contributed by atoms with Crippen molar-refractivity contribution in [3.05, 3.63) is 63.1 Å². The number of non-ortho nitro benzene ring substituents is 1. The minimum Gasteiger partial charge on any atom is -0.497 e. The van der Waals surface area contributed by atoms with Crippen molar-refractivity contribution in [1.29, 1.82) is 0 Å². The molecule has 0 radical (unpaired) electrons.